The van der Waals surface area contributed by atoms with Gasteiger partial charge in [-0.25, -0.2) is 4.79 Å². The number of nitrogens with one attached hydrogen (secondary N) is 2. The van der Waals surface area contributed by atoms with Crippen molar-refractivity contribution >= 4 is 12.1 Å². The Morgan fingerprint density at radius 2 is 1.88 bits per heavy atom. The summed E-state index contributed by atoms with van der Waals surface area (Å²) >= 11 is 0. The Kier molecular flexibility index (Phi) is 6.32. The zero-order valence-electron chi connectivity index (χ0n) is 15.8. The number of carbonyl (C=O) groups excluding carboxylic acids is 1. The molecule has 2 N–H and O–H groups in total. The van der Waals surface area contributed by atoms with E-state index in [1.54, 1.807) is 11.9 Å². The standard InChI is InChI=1S/C17H33N5O2/c1-17(2,3)24-16(23)22-11-14(12-22)20-15(18-4)19-10-13-6-8-21(5)9-7-13/h13-14H,6-12H2,1-5H3,(H2,18,19,20). The molecule has 24 heavy (non-hydrogen) atoms. The van der Waals surface area contributed by atoms with Crippen LogP contribution in [0.15, 0.2) is 4.99 Å². The van der Waals surface area contributed by atoms with E-state index in [0.29, 0.717) is 19.0 Å². The van der Waals surface area contributed by atoms with Gasteiger partial charge in [0.2, 0.25) is 0 Å². The van der Waals surface area contributed by atoms with Crippen LogP contribution in [0.5, 0.6) is 0 Å². The molecule has 7 nitrogen and oxygen atoms in total. The normalized spacial score (nSPS) is 21.4. The first kappa shape index (κ1) is 18.8. The van der Waals surface area contributed by atoms with Crippen LogP contribution in [0.4, 0.5) is 4.79 Å². The minimum atomic E-state index is -0.443. The molecule has 1 amide bonds. The van der Waals surface area contributed by atoms with E-state index in [2.05, 4.69) is 27.6 Å². The molecule has 2 rings (SSSR count). The number of carbonyl (C=O) groups is 1. The fourth-order valence-electron chi connectivity index (χ4n) is 2.94. The highest BCUT2D eigenvalue weighted by molar-refractivity contribution is 5.80. The van der Waals surface area contributed by atoms with Crippen LogP contribution in [0.2, 0.25) is 0 Å². The fraction of sp³-hybridized carbons (Fsp3) is 0.882. The van der Waals surface area contributed by atoms with E-state index in [1.807, 2.05) is 20.8 Å². The molecule has 2 heterocycles. The number of piperidine rings is 1. The summed E-state index contributed by atoms with van der Waals surface area (Å²) in [7, 11) is 3.96. The number of rotatable bonds is 3. The lowest BCUT2D eigenvalue weighted by atomic mass is 9.97. The fourth-order valence-corrected chi connectivity index (χ4v) is 2.94. The van der Waals surface area contributed by atoms with Gasteiger partial charge in [-0.15, -0.1) is 0 Å². The third-order valence-corrected chi connectivity index (χ3v) is 4.49. The first-order valence-corrected chi connectivity index (χ1v) is 8.90. The molecule has 0 aromatic rings. The van der Waals surface area contributed by atoms with Crippen LogP contribution in [0.3, 0.4) is 0 Å². The van der Waals surface area contributed by atoms with Gasteiger partial charge in [0.1, 0.15) is 5.60 Å². The predicted octanol–water partition coefficient (Wildman–Crippen LogP) is 1.11. The third kappa shape index (κ3) is 5.85. The number of amides is 1. The van der Waals surface area contributed by atoms with Gasteiger partial charge in [0.05, 0.1) is 6.04 Å². The highest BCUT2D eigenvalue weighted by atomic mass is 16.6. The van der Waals surface area contributed by atoms with E-state index in [4.69, 9.17) is 4.74 Å². The molecule has 2 aliphatic heterocycles. The summed E-state index contributed by atoms with van der Waals surface area (Å²) in [4.78, 5) is 20.3. The maximum atomic E-state index is 11.9. The van der Waals surface area contributed by atoms with Crippen molar-refractivity contribution in [2.75, 3.05) is 46.8 Å². The minimum Gasteiger partial charge on any atom is -0.444 e. The molecule has 2 saturated heterocycles. The van der Waals surface area contributed by atoms with Crippen LogP contribution >= 0.6 is 0 Å². The number of hydrogen-bond donors (Lipinski definition) is 2. The molecule has 2 fully saturated rings. The zero-order valence-corrected chi connectivity index (χ0v) is 15.8. The summed E-state index contributed by atoms with van der Waals surface area (Å²) in [5.41, 5.74) is -0.443. The second-order valence-corrected chi connectivity index (χ2v) is 7.93. The van der Waals surface area contributed by atoms with Crippen LogP contribution in [-0.4, -0.2) is 80.3 Å². The Bertz CT molecular complexity index is 446. The lowest BCUT2D eigenvalue weighted by Gasteiger charge is -2.40. The van der Waals surface area contributed by atoms with Crippen LogP contribution in [0.25, 0.3) is 0 Å². The van der Waals surface area contributed by atoms with Crippen LogP contribution < -0.4 is 10.6 Å². The van der Waals surface area contributed by atoms with E-state index in [1.165, 1.54) is 25.9 Å². The molecule has 0 unspecified atom stereocenters. The summed E-state index contributed by atoms with van der Waals surface area (Å²) in [6.07, 6.45) is 2.22. The average Bonchev–Trinajstić information content (AvgIpc) is 2.45. The Hall–Kier alpha value is -1.50. The van der Waals surface area contributed by atoms with Gasteiger partial charge < -0.3 is 25.2 Å². The molecule has 0 spiro atoms. The molecule has 2 aliphatic rings. The van der Waals surface area contributed by atoms with Gasteiger partial charge in [0.25, 0.3) is 0 Å². The second-order valence-electron chi connectivity index (χ2n) is 7.93. The second kappa shape index (κ2) is 8.05. The van der Waals surface area contributed by atoms with Gasteiger partial charge in [-0.3, -0.25) is 4.99 Å². The topological polar surface area (TPSA) is 69.2 Å². The lowest BCUT2D eigenvalue weighted by Crippen LogP contribution is -2.63. The Labute approximate surface area is 145 Å². The monoisotopic (exact) mass is 339 g/mol. The van der Waals surface area contributed by atoms with Crippen molar-refractivity contribution in [1.82, 2.24) is 20.4 Å². The maximum Gasteiger partial charge on any atom is 0.410 e. The van der Waals surface area contributed by atoms with Crippen LogP contribution in [0.1, 0.15) is 33.6 Å². The van der Waals surface area contributed by atoms with Crippen LogP contribution in [0, 0.1) is 5.92 Å². The van der Waals surface area contributed by atoms with Crippen LogP contribution in [-0.2, 0) is 4.74 Å². The molecule has 0 saturated carbocycles. The van der Waals surface area contributed by atoms with Gasteiger partial charge in [0.15, 0.2) is 5.96 Å². The van der Waals surface area contributed by atoms with E-state index >= 15 is 0 Å². The van der Waals surface area contributed by atoms with E-state index in [0.717, 1.165) is 12.5 Å². The number of ether oxygens (including phenoxy) is 1. The number of likely N-dealkylation sites (tertiary alicyclic amines) is 2. The van der Waals surface area contributed by atoms with Gasteiger partial charge >= 0.3 is 6.09 Å². The molecule has 138 valence electrons. The van der Waals surface area contributed by atoms with Crippen molar-refractivity contribution in [3.8, 4) is 0 Å². The Morgan fingerprint density at radius 1 is 1.25 bits per heavy atom. The summed E-state index contributed by atoms with van der Waals surface area (Å²) in [6, 6.07) is 0.237. The number of guanidine groups is 1. The SMILES string of the molecule is CN=C(NCC1CCN(C)CC1)NC1CN(C(=O)OC(C)(C)C)C1. The molecule has 0 radical (unpaired) electrons. The highest BCUT2D eigenvalue weighted by Crippen LogP contribution is 2.16. The summed E-state index contributed by atoms with van der Waals surface area (Å²) in [6.45, 7) is 10.3. The lowest BCUT2D eigenvalue weighted by molar-refractivity contribution is 0.00700. The summed E-state index contributed by atoms with van der Waals surface area (Å²) in [5.74, 6) is 1.53. The molecular formula is C17H33N5O2. The van der Waals surface area contributed by atoms with Gasteiger partial charge in [-0.05, 0) is 59.7 Å². The molecule has 0 bridgehead atoms. The summed E-state index contributed by atoms with van der Waals surface area (Å²) < 4.78 is 5.37. The van der Waals surface area contributed by atoms with Gasteiger partial charge in [-0.1, -0.05) is 0 Å². The Morgan fingerprint density at radius 3 is 2.42 bits per heavy atom. The molecule has 0 aromatic heterocycles. The molecule has 0 aliphatic carbocycles. The van der Waals surface area contributed by atoms with Crippen molar-refractivity contribution in [3.05, 3.63) is 0 Å². The van der Waals surface area contributed by atoms with E-state index in [-0.39, 0.29) is 12.1 Å². The molecule has 0 atom stereocenters. The largest absolute Gasteiger partial charge is 0.444 e. The Balaban J connectivity index is 1.65. The average molecular weight is 339 g/mol. The highest BCUT2D eigenvalue weighted by Gasteiger charge is 2.34. The maximum absolute atomic E-state index is 11.9. The van der Waals surface area contributed by atoms with Gasteiger partial charge in [0, 0.05) is 26.7 Å². The van der Waals surface area contributed by atoms with E-state index < -0.39 is 5.60 Å². The smallest absolute Gasteiger partial charge is 0.410 e. The molecular weight excluding hydrogens is 306 g/mol. The quantitative estimate of drug-likeness (QED) is 0.595. The zero-order chi connectivity index (χ0) is 17.7. The minimum absolute atomic E-state index is 0.237. The number of aliphatic imine (C=N–C) groups is 1. The van der Waals surface area contributed by atoms with Crippen molar-refractivity contribution < 1.29 is 9.53 Å². The number of hydrogen-bond acceptors (Lipinski definition) is 4. The molecule has 7 heteroatoms. The summed E-state index contributed by atoms with van der Waals surface area (Å²) in [5, 5.41) is 6.80. The third-order valence-electron chi connectivity index (χ3n) is 4.49. The first-order chi connectivity index (χ1) is 11.3. The first-order valence-electron chi connectivity index (χ1n) is 8.90. The van der Waals surface area contributed by atoms with Crippen molar-refractivity contribution in [3.63, 3.8) is 0 Å². The van der Waals surface area contributed by atoms with Crippen molar-refractivity contribution in [2.24, 2.45) is 10.9 Å². The molecule has 0 aromatic carbocycles. The van der Waals surface area contributed by atoms with Crippen molar-refractivity contribution in [2.45, 2.75) is 45.3 Å². The predicted molar refractivity (Wildman–Crippen MR) is 96.3 cm³/mol. The number of nitrogens with zero attached hydrogens (tertiary/aromatic N) is 3. The van der Waals surface area contributed by atoms with Gasteiger partial charge in [-0.2, -0.15) is 0 Å². The van der Waals surface area contributed by atoms with E-state index in [9.17, 15) is 4.79 Å². The van der Waals surface area contributed by atoms with Crippen molar-refractivity contribution in [1.29, 1.82) is 0 Å².